The second kappa shape index (κ2) is 8.82. The van der Waals surface area contributed by atoms with Crippen molar-refractivity contribution in [3.63, 3.8) is 0 Å². The lowest BCUT2D eigenvalue weighted by Gasteiger charge is -2.19. The Bertz CT molecular complexity index is 854. The maximum atomic E-state index is 13.1. The average molecular weight is 341 g/mol. The van der Waals surface area contributed by atoms with E-state index >= 15 is 0 Å². The van der Waals surface area contributed by atoms with E-state index in [2.05, 4.69) is 24.4 Å². The second-order valence-corrected chi connectivity index (χ2v) is 6.18. The monoisotopic (exact) mass is 341 g/mol. The smallest absolute Gasteiger partial charge is 0.252 e. The quantitative estimate of drug-likeness (QED) is 0.466. The van der Waals surface area contributed by atoms with Gasteiger partial charge in [0.2, 0.25) is 0 Å². The first kappa shape index (κ1) is 17.7. The topological polar surface area (TPSA) is 29.1 Å². The van der Waals surface area contributed by atoms with Gasteiger partial charge in [0.15, 0.2) is 0 Å². The summed E-state index contributed by atoms with van der Waals surface area (Å²) in [6.07, 6.45) is 2.78. The summed E-state index contributed by atoms with van der Waals surface area (Å²) in [5.41, 5.74) is 3.72. The summed E-state index contributed by atoms with van der Waals surface area (Å²) < 4.78 is 0. The molecule has 0 unspecified atom stereocenters. The average Bonchev–Trinajstić information content (AvgIpc) is 2.72. The van der Waals surface area contributed by atoms with Gasteiger partial charge >= 0.3 is 0 Å². The number of hydrogen-bond acceptors (Lipinski definition) is 1. The summed E-state index contributed by atoms with van der Waals surface area (Å²) in [4.78, 5) is 13.1. The second-order valence-electron chi connectivity index (χ2n) is 6.18. The van der Waals surface area contributed by atoms with Crippen LogP contribution in [0.2, 0.25) is 0 Å². The Morgan fingerprint density at radius 1 is 0.846 bits per heavy atom. The van der Waals surface area contributed by atoms with Crippen LogP contribution in [0.15, 0.2) is 91.0 Å². The van der Waals surface area contributed by atoms with E-state index in [9.17, 15) is 4.79 Å². The van der Waals surface area contributed by atoms with Crippen LogP contribution < -0.4 is 5.32 Å². The predicted molar refractivity (Wildman–Crippen MR) is 108 cm³/mol. The lowest BCUT2D eigenvalue weighted by molar-refractivity contribution is -0.116. The van der Waals surface area contributed by atoms with Crippen LogP contribution in [-0.4, -0.2) is 5.91 Å². The van der Waals surface area contributed by atoms with Crippen LogP contribution in [0.3, 0.4) is 0 Å². The Labute approximate surface area is 155 Å². The van der Waals surface area contributed by atoms with E-state index in [1.165, 1.54) is 0 Å². The Morgan fingerprint density at radius 2 is 1.38 bits per heavy atom. The van der Waals surface area contributed by atoms with Gasteiger partial charge in [0, 0.05) is 5.57 Å². The Balaban J connectivity index is 1.91. The third kappa shape index (κ3) is 4.48. The molecule has 26 heavy (non-hydrogen) atoms. The molecular weight excluding hydrogens is 318 g/mol. The third-order valence-electron chi connectivity index (χ3n) is 4.36. The van der Waals surface area contributed by atoms with Crippen molar-refractivity contribution < 1.29 is 4.79 Å². The van der Waals surface area contributed by atoms with Crippen molar-refractivity contribution in [2.24, 2.45) is 0 Å². The molecule has 1 amide bonds. The van der Waals surface area contributed by atoms with E-state index in [4.69, 9.17) is 0 Å². The normalized spacial score (nSPS) is 12.4. The van der Waals surface area contributed by atoms with Crippen LogP contribution in [0.4, 0.5) is 0 Å². The molecule has 0 heterocycles. The third-order valence-corrected chi connectivity index (χ3v) is 4.36. The molecule has 0 spiro atoms. The molecule has 3 aromatic rings. The molecule has 2 nitrogen and oxygen atoms in total. The van der Waals surface area contributed by atoms with E-state index in [0.29, 0.717) is 5.57 Å². The van der Waals surface area contributed by atoms with Crippen LogP contribution in [0, 0.1) is 0 Å². The highest BCUT2D eigenvalue weighted by Gasteiger charge is 2.17. The zero-order valence-electron chi connectivity index (χ0n) is 14.9. The van der Waals surface area contributed by atoms with E-state index < -0.39 is 0 Å². The van der Waals surface area contributed by atoms with Gasteiger partial charge < -0.3 is 5.32 Å². The highest BCUT2D eigenvalue weighted by Crippen LogP contribution is 2.22. The predicted octanol–water partition coefficient (Wildman–Crippen LogP) is 5.49. The van der Waals surface area contributed by atoms with E-state index in [-0.39, 0.29) is 11.9 Å². The summed E-state index contributed by atoms with van der Waals surface area (Å²) in [6, 6.07) is 29.8. The molecule has 0 aliphatic heterocycles. The SMILES string of the molecule is CC[C@H](NC(=O)/C(=C/c1ccccc1)c1ccccc1)c1ccccc1. The van der Waals surface area contributed by atoms with Gasteiger partial charge in [0.05, 0.1) is 6.04 Å². The van der Waals surface area contributed by atoms with Gasteiger partial charge in [-0.15, -0.1) is 0 Å². The minimum absolute atomic E-state index is 0.00779. The van der Waals surface area contributed by atoms with Crippen LogP contribution in [-0.2, 0) is 4.79 Å². The minimum atomic E-state index is -0.0595. The zero-order valence-corrected chi connectivity index (χ0v) is 14.9. The number of nitrogens with one attached hydrogen (secondary N) is 1. The molecule has 1 atom stereocenters. The molecule has 0 radical (unpaired) electrons. The number of benzene rings is 3. The van der Waals surface area contributed by atoms with Gasteiger partial charge in [-0.25, -0.2) is 0 Å². The van der Waals surface area contributed by atoms with Crippen molar-refractivity contribution in [1.29, 1.82) is 0 Å². The Morgan fingerprint density at radius 3 is 1.96 bits per heavy atom. The van der Waals surface area contributed by atoms with Crippen LogP contribution in [0.1, 0.15) is 36.1 Å². The number of carbonyl (C=O) groups excluding carboxylic acids is 1. The summed E-state index contributed by atoms with van der Waals surface area (Å²) in [5.74, 6) is -0.0595. The maximum absolute atomic E-state index is 13.1. The van der Waals surface area contributed by atoms with E-state index in [1.54, 1.807) is 0 Å². The van der Waals surface area contributed by atoms with Gasteiger partial charge in [-0.1, -0.05) is 97.9 Å². The maximum Gasteiger partial charge on any atom is 0.252 e. The first-order valence-corrected chi connectivity index (χ1v) is 8.96. The van der Waals surface area contributed by atoms with Crippen LogP contribution in [0.5, 0.6) is 0 Å². The lowest BCUT2D eigenvalue weighted by atomic mass is 10.00. The minimum Gasteiger partial charge on any atom is -0.345 e. The molecular formula is C24H23NO. The molecule has 3 rings (SSSR count). The standard InChI is InChI=1S/C24H23NO/c1-2-23(21-16-10-5-11-17-21)25-24(26)22(20-14-8-4-9-15-20)18-19-12-6-3-7-13-19/h3-18,23H,2H2,1H3,(H,25,26)/b22-18+/t23-/m0/s1. The summed E-state index contributed by atoms with van der Waals surface area (Å²) in [5, 5.41) is 3.19. The fraction of sp³-hybridized carbons (Fsp3) is 0.125. The van der Waals surface area contributed by atoms with Crippen LogP contribution in [0.25, 0.3) is 11.6 Å². The van der Waals surface area contributed by atoms with Crippen molar-refractivity contribution in [2.45, 2.75) is 19.4 Å². The van der Waals surface area contributed by atoms with Gasteiger partial charge in [0.25, 0.3) is 5.91 Å². The molecule has 2 heteroatoms. The highest BCUT2D eigenvalue weighted by molar-refractivity contribution is 6.24. The molecule has 3 aromatic carbocycles. The Hall–Kier alpha value is -3.13. The zero-order chi connectivity index (χ0) is 18.2. The molecule has 130 valence electrons. The van der Waals surface area contributed by atoms with Gasteiger partial charge in [-0.05, 0) is 29.2 Å². The van der Waals surface area contributed by atoms with Crippen molar-refractivity contribution in [3.8, 4) is 0 Å². The van der Waals surface area contributed by atoms with E-state index in [0.717, 1.165) is 23.1 Å². The van der Waals surface area contributed by atoms with Gasteiger partial charge in [0.1, 0.15) is 0 Å². The molecule has 0 saturated carbocycles. The van der Waals surface area contributed by atoms with Crippen molar-refractivity contribution in [1.82, 2.24) is 5.32 Å². The number of hydrogen-bond donors (Lipinski definition) is 1. The molecule has 0 saturated heterocycles. The van der Waals surface area contributed by atoms with Crippen molar-refractivity contribution >= 4 is 17.6 Å². The molecule has 0 bridgehead atoms. The number of amides is 1. The van der Waals surface area contributed by atoms with Crippen LogP contribution >= 0.6 is 0 Å². The molecule has 0 aromatic heterocycles. The Kier molecular flexibility index (Phi) is 6.00. The molecule has 0 aliphatic carbocycles. The molecule has 0 aliphatic rings. The van der Waals surface area contributed by atoms with Gasteiger partial charge in [-0.3, -0.25) is 4.79 Å². The van der Waals surface area contributed by atoms with Gasteiger partial charge in [-0.2, -0.15) is 0 Å². The van der Waals surface area contributed by atoms with Crippen molar-refractivity contribution in [3.05, 3.63) is 108 Å². The first-order chi connectivity index (χ1) is 12.8. The van der Waals surface area contributed by atoms with Crippen molar-refractivity contribution in [2.75, 3.05) is 0 Å². The number of carbonyl (C=O) groups is 1. The summed E-state index contributed by atoms with van der Waals surface area (Å²) in [6.45, 7) is 2.08. The summed E-state index contributed by atoms with van der Waals surface area (Å²) >= 11 is 0. The molecule has 0 fully saturated rings. The fourth-order valence-electron chi connectivity index (χ4n) is 2.96. The lowest BCUT2D eigenvalue weighted by Crippen LogP contribution is -2.28. The summed E-state index contributed by atoms with van der Waals surface area (Å²) in [7, 11) is 0. The highest BCUT2D eigenvalue weighted by atomic mass is 16.1. The molecule has 1 N–H and O–H groups in total. The first-order valence-electron chi connectivity index (χ1n) is 8.96. The van der Waals surface area contributed by atoms with E-state index in [1.807, 2.05) is 84.9 Å². The largest absolute Gasteiger partial charge is 0.345 e. The number of rotatable bonds is 6. The fourth-order valence-corrected chi connectivity index (χ4v) is 2.96.